The molecule has 0 saturated carbocycles. The van der Waals surface area contributed by atoms with Crippen molar-refractivity contribution in [2.24, 2.45) is 5.92 Å². The van der Waals surface area contributed by atoms with Crippen LogP contribution in [0.4, 0.5) is 17.6 Å². The normalized spacial score (nSPS) is 14.8. The second-order valence-corrected chi connectivity index (χ2v) is 4.17. The number of hydrogen-bond donors (Lipinski definition) is 1. The van der Waals surface area contributed by atoms with Gasteiger partial charge in [-0.25, -0.2) is 4.39 Å². The van der Waals surface area contributed by atoms with Crippen LogP contribution in [-0.4, -0.2) is 17.3 Å². The molecule has 2 nitrogen and oxygen atoms in total. The van der Waals surface area contributed by atoms with Crippen molar-refractivity contribution in [3.05, 3.63) is 42.0 Å². The number of aliphatic carboxylic acids is 1. The van der Waals surface area contributed by atoms with Gasteiger partial charge in [-0.15, -0.1) is 0 Å². The Bertz CT molecular complexity index is 476. The molecule has 104 valence electrons. The summed E-state index contributed by atoms with van der Waals surface area (Å²) in [5, 5.41) is 8.95. The lowest BCUT2D eigenvalue weighted by Gasteiger charge is -2.23. The standard InChI is InChI=1S/C13H12F4O2/c1-7(13(15,16)17)11(12(18)19)10-5-3-9(4-6-10)8(2)14/h3-7,11H,2H2,1H3,(H,18,19)/t7-,11?/m1/s1. The Hall–Kier alpha value is -1.85. The average molecular weight is 276 g/mol. The monoisotopic (exact) mass is 276 g/mol. The molecule has 1 N–H and O–H groups in total. The van der Waals surface area contributed by atoms with Gasteiger partial charge >= 0.3 is 12.1 Å². The Labute approximate surface area is 107 Å². The van der Waals surface area contributed by atoms with Gasteiger partial charge in [0.15, 0.2) is 0 Å². The van der Waals surface area contributed by atoms with E-state index in [1.165, 1.54) is 24.3 Å². The third-order valence-corrected chi connectivity index (χ3v) is 2.87. The lowest BCUT2D eigenvalue weighted by atomic mass is 9.86. The van der Waals surface area contributed by atoms with Gasteiger partial charge in [-0.05, 0) is 5.56 Å². The quantitative estimate of drug-likeness (QED) is 0.844. The molecule has 19 heavy (non-hydrogen) atoms. The molecule has 1 rings (SSSR count). The van der Waals surface area contributed by atoms with Gasteiger partial charge in [-0.3, -0.25) is 4.79 Å². The first-order valence-electron chi connectivity index (χ1n) is 5.39. The van der Waals surface area contributed by atoms with Gasteiger partial charge in [-0.1, -0.05) is 37.8 Å². The van der Waals surface area contributed by atoms with Crippen molar-refractivity contribution in [3.63, 3.8) is 0 Å². The van der Waals surface area contributed by atoms with Gasteiger partial charge in [-0.2, -0.15) is 13.2 Å². The average Bonchev–Trinajstić information content (AvgIpc) is 2.28. The molecule has 0 aromatic heterocycles. The Morgan fingerprint density at radius 1 is 1.26 bits per heavy atom. The van der Waals surface area contributed by atoms with E-state index in [9.17, 15) is 22.4 Å². The predicted molar refractivity (Wildman–Crippen MR) is 62.2 cm³/mol. The van der Waals surface area contributed by atoms with Crippen LogP contribution >= 0.6 is 0 Å². The summed E-state index contributed by atoms with van der Waals surface area (Å²) in [6.45, 7) is 3.85. The third-order valence-electron chi connectivity index (χ3n) is 2.87. The smallest absolute Gasteiger partial charge is 0.392 e. The van der Waals surface area contributed by atoms with Gasteiger partial charge in [0.1, 0.15) is 5.83 Å². The number of carboxylic acid groups (broad SMARTS) is 1. The Morgan fingerprint density at radius 2 is 1.74 bits per heavy atom. The third kappa shape index (κ3) is 3.56. The molecule has 0 radical (unpaired) electrons. The Kier molecular flexibility index (Phi) is 4.34. The van der Waals surface area contributed by atoms with Crippen LogP contribution in [-0.2, 0) is 4.79 Å². The molecule has 0 aliphatic heterocycles. The topological polar surface area (TPSA) is 37.3 Å². The molecule has 0 amide bonds. The summed E-state index contributed by atoms with van der Waals surface area (Å²) in [7, 11) is 0. The number of rotatable bonds is 4. The summed E-state index contributed by atoms with van der Waals surface area (Å²) >= 11 is 0. The van der Waals surface area contributed by atoms with Crippen LogP contribution in [0.1, 0.15) is 24.0 Å². The van der Waals surface area contributed by atoms with Crippen LogP contribution in [0, 0.1) is 5.92 Å². The summed E-state index contributed by atoms with van der Waals surface area (Å²) in [5.74, 6) is -6.06. The zero-order valence-electron chi connectivity index (χ0n) is 10.0. The summed E-state index contributed by atoms with van der Waals surface area (Å²) in [6.07, 6.45) is -4.62. The van der Waals surface area contributed by atoms with E-state index in [1.807, 2.05) is 0 Å². The van der Waals surface area contributed by atoms with Crippen LogP contribution in [0.2, 0.25) is 0 Å². The second-order valence-electron chi connectivity index (χ2n) is 4.17. The number of halogens is 4. The van der Waals surface area contributed by atoms with Crippen molar-refractivity contribution in [2.75, 3.05) is 0 Å². The van der Waals surface area contributed by atoms with Crippen LogP contribution in [0.5, 0.6) is 0 Å². The largest absolute Gasteiger partial charge is 0.481 e. The van der Waals surface area contributed by atoms with Crippen LogP contribution < -0.4 is 0 Å². The molecule has 0 aliphatic rings. The second kappa shape index (κ2) is 5.42. The summed E-state index contributed by atoms with van der Waals surface area (Å²) in [5.41, 5.74) is 0.0786. The van der Waals surface area contributed by atoms with Crippen LogP contribution in [0.3, 0.4) is 0 Å². The molecule has 2 atom stereocenters. The van der Waals surface area contributed by atoms with Crippen molar-refractivity contribution in [1.29, 1.82) is 0 Å². The Balaban J connectivity index is 3.14. The molecule has 1 aromatic rings. The van der Waals surface area contributed by atoms with Crippen LogP contribution in [0.25, 0.3) is 5.83 Å². The summed E-state index contributed by atoms with van der Waals surface area (Å²) < 4.78 is 50.6. The van der Waals surface area contributed by atoms with Gasteiger partial charge in [0.25, 0.3) is 0 Å². The van der Waals surface area contributed by atoms with E-state index >= 15 is 0 Å². The molecular formula is C13H12F4O2. The molecule has 0 bridgehead atoms. The van der Waals surface area contributed by atoms with E-state index in [-0.39, 0.29) is 11.1 Å². The first-order chi connectivity index (χ1) is 8.64. The van der Waals surface area contributed by atoms with E-state index < -0.39 is 29.8 Å². The predicted octanol–water partition coefficient (Wildman–Crippen LogP) is 3.99. The molecule has 1 aromatic carbocycles. The van der Waals surface area contributed by atoms with E-state index in [0.29, 0.717) is 0 Å². The van der Waals surface area contributed by atoms with Crippen molar-refractivity contribution >= 4 is 11.8 Å². The fraction of sp³-hybridized carbons (Fsp3) is 0.308. The highest BCUT2D eigenvalue weighted by Crippen LogP contribution is 2.37. The molecule has 1 unspecified atom stereocenters. The Morgan fingerprint density at radius 3 is 2.05 bits per heavy atom. The fourth-order valence-corrected chi connectivity index (χ4v) is 1.71. The fourth-order valence-electron chi connectivity index (χ4n) is 1.71. The van der Waals surface area contributed by atoms with Gasteiger partial charge in [0, 0.05) is 5.56 Å². The molecule has 0 heterocycles. The molecule has 0 saturated heterocycles. The SMILES string of the molecule is C=C(F)c1ccc(C(C(=O)O)[C@@H](C)C(F)(F)F)cc1. The van der Waals surface area contributed by atoms with Crippen molar-refractivity contribution in [3.8, 4) is 0 Å². The van der Waals surface area contributed by atoms with E-state index in [2.05, 4.69) is 6.58 Å². The van der Waals surface area contributed by atoms with Gasteiger partial charge in [0.2, 0.25) is 0 Å². The molecular weight excluding hydrogens is 264 g/mol. The van der Waals surface area contributed by atoms with E-state index in [0.717, 1.165) is 6.92 Å². The zero-order valence-corrected chi connectivity index (χ0v) is 10.0. The number of carboxylic acids is 1. The van der Waals surface area contributed by atoms with Gasteiger partial charge in [0.05, 0.1) is 11.8 Å². The number of benzene rings is 1. The number of hydrogen-bond acceptors (Lipinski definition) is 1. The van der Waals surface area contributed by atoms with Gasteiger partial charge < -0.3 is 5.11 Å². The number of alkyl halides is 3. The lowest BCUT2D eigenvalue weighted by molar-refractivity contribution is -0.183. The number of carbonyl (C=O) groups is 1. The highest BCUT2D eigenvalue weighted by atomic mass is 19.4. The summed E-state index contributed by atoms with van der Waals surface area (Å²) in [4.78, 5) is 11.0. The highest BCUT2D eigenvalue weighted by molar-refractivity contribution is 5.76. The highest BCUT2D eigenvalue weighted by Gasteiger charge is 2.44. The maximum Gasteiger partial charge on any atom is 0.392 e. The summed E-state index contributed by atoms with van der Waals surface area (Å²) in [6, 6.07) is 4.75. The van der Waals surface area contributed by atoms with E-state index in [4.69, 9.17) is 5.11 Å². The molecule has 0 spiro atoms. The maximum absolute atomic E-state index is 12.8. The minimum atomic E-state index is -4.62. The lowest BCUT2D eigenvalue weighted by Crippen LogP contribution is -2.31. The van der Waals surface area contributed by atoms with E-state index in [1.54, 1.807) is 0 Å². The first-order valence-corrected chi connectivity index (χ1v) is 5.39. The molecule has 6 heteroatoms. The minimum absolute atomic E-state index is 0.0256. The van der Waals surface area contributed by atoms with Crippen molar-refractivity contribution in [1.82, 2.24) is 0 Å². The first kappa shape index (κ1) is 15.2. The molecule has 0 fully saturated rings. The minimum Gasteiger partial charge on any atom is -0.481 e. The van der Waals surface area contributed by atoms with Crippen molar-refractivity contribution in [2.45, 2.75) is 19.0 Å². The molecule has 0 aliphatic carbocycles. The van der Waals surface area contributed by atoms with Crippen LogP contribution in [0.15, 0.2) is 30.8 Å². The van der Waals surface area contributed by atoms with Crippen molar-refractivity contribution < 1.29 is 27.5 Å². The maximum atomic E-state index is 12.8. The zero-order chi connectivity index (χ0) is 14.8.